The molecule has 1 aromatic carbocycles. The fraction of sp³-hybridized carbons (Fsp3) is 0.571. The average Bonchev–Trinajstić information content (AvgIpc) is 2.30. The maximum atomic E-state index is 10.6. The van der Waals surface area contributed by atoms with Crippen LogP contribution in [0.5, 0.6) is 5.75 Å². The van der Waals surface area contributed by atoms with E-state index < -0.39 is 5.60 Å². The zero-order valence-electron chi connectivity index (χ0n) is 9.82. The number of para-hydroxylation sites is 1. The van der Waals surface area contributed by atoms with E-state index in [0.29, 0.717) is 5.56 Å². The summed E-state index contributed by atoms with van der Waals surface area (Å²) in [5, 5.41) is 20.4. The van der Waals surface area contributed by atoms with Crippen molar-refractivity contribution in [1.29, 1.82) is 0 Å². The molecule has 1 aliphatic rings. The lowest BCUT2D eigenvalue weighted by Crippen LogP contribution is -2.33. The summed E-state index contributed by atoms with van der Waals surface area (Å²) in [6, 6.07) is 7.12. The van der Waals surface area contributed by atoms with Crippen LogP contribution < -0.4 is 0 Å². The highest BCUT2D eigenvalue weighted by atomic mass is 16.3. The van der Waals surface area contributed by atoms with Crippen LogP contribution in [-0.2, 0) is 5.60 Å². The molecule has 1 aliphatic carbocycles. The van der Waals surface area contributed by atoms with E-state index in [1.54, 1.807) is 12.1 Å². The highest BCUT2D eigenvalue weighted by Crippen LogP contribution is 2.41. The standard InChI is InChI=1S/C14H20O2/c1-14(16,11-7-3-2-4-8-11)12-9-5-6-10-13(12)15/h5-6,9-11,15-16H,2-4,7-8H2,1H3. The second-order valence-corrected chi connectivity index (χ2v) is 5.00. The Morgan fingerprint density at radius 2 is 1.75 bits per heavy atom. The van der Waals surface area contributed by atoms with Crippen molar-refractivity contribution < 1.29 is 10.2 Å². The van der Waals surface area contributed by atoms with E-state index in [4.69, 9.17) is 0 Å². The van der Waals surface area contributed by atoms with Crippen molar-refractivity contribution >= 4 is 0 Å². The second kappa shape index (κ2) is 4.46. The Bertz CT molecular complexity index is 352. The third kappa shape index (κ3) is 2.07. The summed E-state index contributed by atoms with van der Waals surface area (Å²) in [6.45, 7) is 1.83. The average molecular weight is 220 g/mol. The molecule has 0 radical (unpaired) electrons. The summed E-state index contributed by atoms with van der Waals surface area (Å²) in [4.78, 5) is 0. The van der Waals surface area contributed by atoms with E-state index in [-0.39, 0.29) is 11.7 Å². The minimum absolute atomic E-state index is 0.207. The monoisotopic (exact) mass is 220 g/mol. The fourth-order valence-corrected chi connectivity index (χ4v) is 2.79. The number of aliphatic hydroxyl groups is 1. The molecule has 2 nitrogen and oxygen atoms in total. The van der Waals surface area contributed by atoms with Crippen LogP contribution in [-0.4, -0.2) is 10.2 Å². The van der Waals surface area contributed by atoms with Gasteiger partial charge in [-0.25, -0.2) is 0 Å². The summed E-state index contributed by atoms with van der Waals surface area (Å²) < 4.78 is 0. The molecule has 1 aromatic rings. The minimum atomic E-state index is -0.897. The summed E-state index contributed by atoms with van der Waals surface area (Å²) in [5.74, 6) is 0.479. The highest BCUT2D eigenvalue weighted by Gasteiger charge is 2.35. The molecule has 0 spiro atoms. The van der Waals surface area contributed by atoms with E-state index in [1.807, 2.05) is 19.1 Å². The van der Waals surface area contributed by atoms with Gasteiger partial charge in [-0.1, -0.05) is 37.5 Å². The fourth-order valence-electron chi connectivity index (χ4n) is 2.79. The van der Waals surface area contributed by atoms with E-state index in [9.17, 15) is 10.2 Å². The van der Waals surface area contributed by atoms with Crippen molar-refractivity contribution in [3.05, 3.63) is 29.8 Å². The van der Waals surface area contributed by atoms with Gasteiger partial charge >= 0.3 is 0 Å². The molecule has 2 rings (SSSR count). The zero-order valence-corrected chi connectivity index (χ0v) is 9.82. The third-order valence-electron chi connectivity index (χ3n) is 3.85. The Hall–Kier alpha value is -1.02. The Morgan fingerprint density at radius 1 is 1.12 bits per heavy atom. The molecule has 0 saturated heterocycles. The van der Waals surface area contributed by atoms with Gasteiger partial charge in [-0.3, -0.25) is 0 Å². The highest BCUT2D eigenvalue weighted by molar-refractivity contribution is 5.36. The molecule has 0 aliphatic heterocycles. The number of rotatable bonds is 2. The summed E-state index contributed by atoms with van der Waals surface area (Å²) in [6.07, 6.45) is 5.76. The summed E-state index contributed by atoms with van der Waals surface area (Å²) in [5.41, 5.74) is -0.229. The molecule has 1 fully saturated rings. The van der Waals surface area contributed by atoms with Gasteiger partial charge in [-0.05, 0) is 31.7 Å². The van der Waals surface area contributed by atoms with E-state index in [2.05, 4.69) is 0 Å². The molecule has 2 N–H and O–H groups in total. The van der Waals surface area contributed by atoms with Gasteiger partial charge < -0.3 is 10.2 Å². The third-order valence-corrected chi connectivity index (χ3v) is 3.85. The van der Waals surface area contributed by atoms with Crippen molar-refractivity contribution in [1.82, 2.24) is 0 Å². The van der Waals surface area contributed by atoms with Gasteiger partial charge in [0.15, 0.2) is 0 Å². The molecule has 0 bridgehead atoms. The zero-order chi connectivity index (χ0) is 11.6. The van der Waals surface area contributed by atoms with Gasteiger partial charge in [0.2, 0.25) is 0 Å². The van der Waals surface area contributed by atoms with Gasteiger partial charge in [-0.15, -0.1) is 0 Å². The molecule has 0 aromatic heterocycles. The van der Waals surface area contributed by atoms with Gasteiger partial charge in [0, 0.05) is 5.56 Å². The van der Waals surface area contributed by atoms with Crippen molar-refractivity contribution in [2.75, 3.05) is 0 Å². The Kier molecular flexibility index (Phi) is 3.20. The summed E-state index contributed by atoms with van der Waals surface area (Å²) in [7, 11) is 0. The van der Waals surface area contributed by atoms with Crippen LogP contribution in [0, 0.1) is 5.92 Å². The summed E-state index contributed by atoms with van der Waals surface area (Å²) >= 11 is 0. The molecule has 1 atom stereocenters. The quantitative estimate of drug-likeness (QED) is 0.803. The smallest absolute Gasteiger partial charge is 0.121 e. The molecule has 0 amide bonds. The first-order valence-corrected chi connectivity index (χ1v) is 6.13. The van der Waals surface area contributed by atoms with Crippen LogP contribution in [0.25, 0.3) is 0 Å². The number of phenolic OH excluding ortho intramolecular Hbond substituents is 1. The topological polar surface area (TPSA) is 40.5 Å². The van der Waals surface area contributed by atoms with Crippen LogP contribution in [0.1, 0.15) is 44.6 Å². The lowest BCUT2D eigenvalue weighted by molar-refractivity contribution is -0.0231. The normalized spacial score (nSPS) is 21.6. The maximum absolute atomic E-state index is 10.6. The van der Waals surface area contributed by atoms with Crippen molar-refractivity contribution in [3.63, 3.8) is 0 Å². The lowest BCUT2D eigenvalue weighted by atomic mass is 9.74. The number of phenols is 1. The van der Waals surface area contributed by atoms with Crippen molar-refractivity contribution in [2.24, 2.45) is 5.92 Å². The molecule has 88 valence electrons. The largest absolute Gasteiger partial charge is 0.508 e. The molecule has 2 heteroatoms. The number of aromatic hydroxyl groups is 1. The van der Waals surface area contributed by atoms with Crippen LogP contribution in [0.4, 0.5) is 0 Å². The molecular formula is C14H20O2. The van der Waals surface area contributed by atoms with Gasteiger partial charge in [-0.2, -0.15) is 0 Å². The van der Waals surface area contributed by atoms with Gasteiger partial charge in [0.25, 0.3) is 0 Å². The Labute approximate surface area is 96.9 Å². The van der Waals surface area contributed by atoms with E-state index in [0.717, 1.165) is 12.8 Å². The van der Waals surface area contributed by atoms with Crippen molar-refractivity contribution in [2.45, 2.75) is 44.6 Å². The first-order valence-electron chi connectivity index (χ1n) is 6.13. The molecule has 1 unspecified atom stereocenters. The van der Waals surface area contributed by atoms with Crippen LogP contribution in [0.3, 0.4) is 0 Å². The lowest BCUT2D eigenvalue weighted by Gasteiger charge is -2.36. The second-order valence-electron chi connectivity index (χ2n) is 5.00. The van der Waals surface area contributed by atoms with Crippen molar-refractivity contribution in [3.8, 4) is 5.75 Å². The predicted octanol–water partition coefficient (Wildman–Crippen LogP) is 3.18. The first kappa shape index (κ1) is 11.5. The number of hydrogen-bond donors (Lipinski definition) is 2. The maximum Gasteiger partial charge on any atom is 0.121 e. The minimum Gasteiger partial charge on any atom is -0.508 e. The van der Waals surface area contributed by atoms with Gasteiger partial charge in [0.05, 0.1) is 5.60 Å². The molecular weight excluding hydrogens is 200 g/mol. The number of benzene rings is 1. The SMILES string of the molecule is CC(O)(c1ccccc1O)C1CCCCC1. The van der Waals surface area contributed by atoms with Gasteiger partial charge in [0.1, 0.15) is 5.75 Å². The van der Waals surface area contributed by atoms with Crippen LogP contribution in [0.2, 0.25) is 0 Å². The van der Waals surface area contributed by atoms with Crippen LogP contribution >= 0.6 is 0 Å². The Morgan fingerprint density at radius 3 is 2.38 bits per heavy atom. The molecule has 16 heavy (non-hydrogen) atoms. The number of hydrogen-bond acceptors (Lipinski definition) is 2. The predicted molar refractivity (Wildman–Crippen MR) is 64.3 cm³/mol. The molecule has 1 saturated carbocycles. The van der Waals surface area contributed by atoms with E-state index >= 15 is 0 Å². The Balaban J connectivity index is 2.26. The molecule has 0 heterocycles. The van der Waals surface area contributed by atoms with Crippen LogP contribution in [0.15, 0.2) is 24.3 Å². The first-order chi connectivity index (χ1) is 7.62. The van der Waals surface area contributed by atoms with E-state index in [1.165, 1.54) is 19.3 Å².